The number of anilines is 2. The van der Waals surface area contributed by atoms with E-state index in [1.807, 2.05) is 182 Å². The first-order valence-electron chi connectivity index (χ1n) is 37.5. The van der Waals surface area contributed by atoms with Gasteiger partial charge in [0.15, 0.2) is 34.8 Å². The minimum Gasteiger partial charge on any atom is -0.457 e. The van der Waals surface area contributed by atoms with E-state index in [-0.39, 0.29) is 25.4 Å². The molecule has 17 heteroatoms. The molecule has 0 atom stereocenters. The molecule has 0 aliphatic carbocycles. The van der Waals surface area contributed by atoms with Crippen LogP contribution in [0.1, 0.15) is 40.2 Å². The maximum Gasteiger partial charge on any atom is 0.494 e. The number of ether oxygens (including phenoxy) is 2. The van der Waals surface area contributed by atoms with Gasteiger partial charge in [-0.1, -0.05) is 277 Å². The third-order valence-corrected chi connectivity index (χ3v) is 22.1. The fourth-order valence-electron chi connectivity index (χ4n) is 14.4. The number of fused-ring (bicyclic) bond motifs is 10. The van der Waals surface area contributed by atoms with Crippen LogP contribution in [0.3, 0.4) is 0 Å². The van der Waals surface area contributed by atoms with Gasteiger partial charge in [-0.05, 0) is 174 Å². The summed E-state index contributed by atoms with van der Waals surface area (Å²) in [6.07, 6.45) is 0.957. The molecule has 114 heavy (non-hydrogen) atoms. The van der Waals surface area contributed by atoms with Crippen LogP contribution in [0.4, 0.5) is 11.4 Å². The topological polar surface area (TPSA) is 136 Å². The summed E-state index contributed by atoms with van der Waals surface area (Å²) in [5, 5.41) is 7.92. The summed E-state index contributed by atoms with van der Waals surface area (Å²) < 4.78 is 31.4. The maximum absolute atomic E-state index is 6.37. The molecule has 3 aliphatic heterocycles. The van der Waals surface area contributed by atoms with Crippen molar-refractivity contribution < 1.29 is 20.2 Å². The smallest absolute Gasteiger partial charge is 0.457 e. The highest BCUT2D eigenvalue weighted by molar-refractivity contribution is 14.1. The first-order chi connectivity index (χ1) is 55.3. The summed E-state index contributed by atoms with van der Waals surface area (Å²) in [6, 6.07) is 118. The molecule has 0 spiro atoms. The van der Waals surface area contributed by atoms with Crippen LogP contribution in [-0.2, 0) is 15.7 Å². The number of hydrogen-bond acceptors (Lipinski definition) is 11. The number of hydrogen-bond donors (Lipinski definition) is 1. The highest BCUT2D eigenvalue weighted by Crippen LogP contribution is 2.46. The summed E-state index contributed by atoms with van der Waals surface area (Å²) in [5.41, 5.74) is 17.2. The van der Waals surface area contributed by atoms with Gasteiger partial charge in [0.1, 0.15) is 11.5 Å². The van der Waals surface area contributed by atoms with Crippen LogP contribution in [0.5, 0.6) is 23.0 Å². The number of nitrogens with one attached hydrogen (secondary N) is 1. The van der Waals surface area contributed by atoms with Crippen molar-refractivity contribution in [2.75, 3.05) is 5.32 Å². The number of benzene rings is 14. The molecule has 1 saturated heterocycles. The molecule has 1 fully saturated rings. The minimum absolute atomic E-state index is 0. The summed E-state index contributed by atoms with van der Waals surface area (Å²) in [6.45, 7) is 8.30. The van der Waals surface area contributed by atoms with Crippen molar-refractivity contribution in [3.8, 4) is 103 Å². The summed E-state index contributed by atoms with van der Waals surface area (Å²) in [5.74, 6) is 7.23. The molecule has 0 saturated carbocycles. The molecule has 1 N–H and O–H groups in total. The zero-order chi connectivity index (χ0) is 76.6. The van der Waals surface area contributed by atoms with Crippen molar-refractivity contribution in [1.82, 2.24) is 39.0 Å². The average molecular weight is 1780 g/mol. The predicted molar refractivity (Wildman–Crippen MR) is 487 cm³/mol. The van der Waals surface area contributed by atoms with Crippen LogP contribution < -0.4 is 20.3 Å². The van der Waals surface area contributed by atoms with E-state index in [0.717, 1.165) is 128 Å². The fraction of sp³-hybridized carbons (Fsp3) is 0.0722. The molecule has 18 aromatic rings. The Morgan fingerprint density at radius 1 is 0.342 bits per heavy atom. The van der Waals surface area contributed by atoms with E-state index >= 15 is 0 Å². The lowest BCUT2D eigenvalue weighted by molar-refractivity contribution is 0.00578. The van der Waals surface area contributed by atoms with Crippen molar-refractivity contribution in [2.45, 2.75) is 45.3 Å². The van der Waals surface area contributed by atoms with E-state index in [2.05, 4.69) is 244 Å². The molecular weight excluding hydrogens is 1700 g/mol. The molecule has 4 aromatic heterocycles. The third kappa shape index (κ3) is 15.3. The normalized spacial score (nSPS) is 13.2. The minimum atomic E-state index is -0.442. The Morgan fingerprint density at radius 3 is 1.28 bits per heavy atom. The van der Waals surface area contributed by atoms with Gasteiger partial charge in [-0.25, -0.2) is 9.97 Å². The van der Waals surface area contributed by atoms with Gasteiger partial charge >= 0.3 is 7.12 Å². The summed E-state index contributed by atoms with van der Waals surface area (Å²) >= 11 is 5.77. The predicted octanol–water partition coefficient (Wildman–Crippen LogP) is 25.4. The van der Waals surface area contributed by atoms with Crippen LogP contribution in [-0.4, -0.2) is 57.4 Å². The number of nitrogens with zero attached hydrogens (tertiary/aromatic N) is 8. The van der Waals surface area contributed by atoms with Gasteiger partial charge < -0.3 is 24.1 Å². The Labute approximate surface area is 701 Å². The highest BCUT2D eigenvalue weighted by Gasteiger charge is 2.52. The molecule has 0 bridgehead atoms. The zero-order valence-electron chi connectivity index (χ0n) is 62.6. The van der Waals surface area contributed by atoms with Crippen molar-refractivity contribution in [2.24, 2.45) is 0 Å². The molecular formula is C97H75BBrI2N9O4. The number of aromatic nitrogens is 8. The molecule has 556 valence electrons. The van der Waals surface area contributed by atoms with E-state index in [4.69, 9.17) is 48.7 Å². The molecule has 13 nitrogen and oxygen atoms in total. The molecule has 0 radical (unpaired) electrons. The first kappa shape index (κ1) is 74.8. The Kier molecular flexibility index (Phi) is 21.1. The summed E-state index contributed by atoms with van der Waals surface area (Å²) in [7, 11) is -0.442. The fourth-order valence-corrected chi connectivity index (χ4v) is 15.1. The second-order valence-corrected chi connectivity index (χ2v) is 30.9. The molecule has 21 rings (SSSR count). The van der Waals surface area contributed by atoms with Gasteiger partial charge in [-0.2, -0.15) is 19.9 Å². The molecule has 0 unspecified atom stereocenters. The number of rotatable bonds is 9. The van der Waals surface area contributed by atoms with Crippen molar-refractivity contribution in [3.05, 3.63) is 365 Å². The van der Waals surface area contributed by atoms with Gasteiger partial charge in [-0.15, -0.1) is 24.0 Å². The quantitative estimate of drug-likeness (QED) is 0.109. The molecule has 3 aliphatic rings. The van der Waals surface area contributed by atoms with Gasteiger partial charge in [0.2, 0.25) is 11.9 Å². The molecule has 7 heterocycles. The van der Waals surface area contributed by atoms with E-state index in [1.54, 1.807) is 0 Å². The van der Waals surface area contributed by atoms with Gasteiger partial charge in [0.05, 0.1) is 44.6 Å². The maximum atomic E-state index is 6.37. The standard InChI is InChI=1S/C39H25N5O.C33H29BN4O2.C13H9BrO.C12H9I.HI.H2/c1-3-11-25(12-4-1)37-41-38(26-13-5-2-6-14-26)43-39(42-37)44-33-17-9-7-15-29(33)30-23-27(20-22-34(30)44)28-19-21-32-36(24-28)45-35-18-10-8-16-31(35)40-32;1-32(2)33(3,4)40-34(39-32)24-19-20-28-26(21-24)25-17-11-12-18-27(25)38(28)31-36-29(22-13-7-5-8-14-22)35-30(37-31)23-15-9-6-10-16-23;14-11-6-5-10-7-9-3-1-2-4-12(9)15-13(10)8-11;13-12-8-6-11(7-9-12)10-4-2-1-3-5-10;;/h1-24,40H;5-21H,1-4H3;1-6,8H,7H2;1-9H;2*1H/i;;;;;1+1. The second kappa shape index (κ2) is 32.3. The third-order valence-electron chi connectivity index (χ3n) is 20.9. The van der Waals surface area contributed by atoms with Crippen LogP contribution in [0.15, 0.2) is 350 Å². The average Bonchev–Trinajstić information content (AvgIpc) is 1.62. The highest BCUT2D eigenvalue weighted by atomic mass is 127. The Morgan fingerprint density at radius 2 is 0.737 bits per heavy atom. The monoisotopic (exact) mass is 1770 g/mol. The van der Waals surface area contributed by atoms with Crippen molar-refractivity contribution in [3.63, 3.8) is 0 Å². The van der Waals surface area contributed by atoms with Crippen molar-refractivity contribution in [1.29, 1.82) is 0 Å². The van der Waals surface area contributed by atoms with Crippen LogP contribution in [0.2, 0.25) is 0 Å². The summed E-state index contributed by atoms with van der Waals surface area (Å²) in [4.78, 5) is 29.8. The largest absolute Gasteiger partial charge is 0.494 e. The van der Waals surface area contributed by atoms with E-state index in [1.165, 1.54) is 25.8 Å². The molecule has 14 aromatic carbocycles. The van der Waals surface area contributed by atoms with Crippen molar-refractivity contribution >= 4 is 130 Å². The Bertz CT molecular complexity index is 6440. The lowest BCUT2D eigenvalue weighted by Gasteiger charge is -2.32. The van der Waals surface area contributed by atoms with Crippen LogP contribution in [0, 0.1) is 3.57 Å². The van der Waals surface area contributed by atoms with Gasteiger partial charge in [-0.3, -0.25) is 9.13 Å². The second-order valence-electron chi connectivity index (χ2n) is 28.8. The van der Waals surface area contributed by atoms with E-state index in [9.17, 15) is 0 Å². The van der Waals surface area contributed by atoms with Gasteiger partial charge in [0, 0.05) is 59.7 Å². The zero-order valence-corrected chi connectivity index (χ0v) is 68.6. The SMILES string of the molecule is Brc1ccc2c(c1)Oc1ccccc1C2.CC1(C)OB(c2ccc3c(c2)c2ccccc2n3-c2nc(-c3ccccc3)nc(-c3ccccc3)n2)OC1(C)C.I.Ic1ccc(-c2ccccc2)cc1.[2HH].c1ccc(-c2nc(-c3ccccc3)nc(-n3c4ccccc4c4cc(-c5ccc6c(c5)Oc5ccccc5N6)ccc43)n2)cc1. The van der Waals surface area contributed by atoms with Gasteiger partial charge in [0.25, 0.3) is 0 Å². The Hall–Kier alpha value is -12.0. The number of halogens is 3. The first-order valence-corrected chi connectivity index (χ1v) is 39.4. The molecule has 0 amide bonds. The number of para-hydroxylation sites is 5. The Balaban J connectivity index is 0.000000128. The van der Waals surface area contributed by atoms with Crippen LogP contribution >= 0.6 is 62.5 Å². The lowest BCUT2D eigenvalue weighted by Crippen LogP contribution is -2.41. The lowest BCUT2D eigenvalue weighted by atomic mass is 9.78. The van der Waals surface area contributed by atoms with Crippen LogP contribution in [0.25, 0.3) is 123 Å². The van der Waals surface area contributed by atoms with E-state index < -0.39 is 18.3 Å². The van der Waals surface area contributed by atoms with E-state index in [0.29, 0.717) is 35.2 Å².